The van der Waals surface area contributed by atoms with Crippen LogP contribution in [0.15, 0.2) is 33.0 Å². The van der Waals surface area contributed by atoms with Crippen LogP contribution in [0.1, 0.15) is 19.8 Å². The van der Waals surface area contributed by atoms with Gasteiger partial charge in [0.05, 0.1) is 6.04 Å². The van der Waals surface area contributed by atoms with Gasteiger partial charge in [0.2, 0.25) is 0 Å². The van der Waals surface area contributed by atoms with E-state index < -0.39 is 0 Å². The number of nitrogens with zero attached hydrogens (tertiary/aromatic N) is 2. The predicted molar refractivity (Wildman–Crippen MR) is 57.4 cm³/mol. The molecule has 0 aliphatic heterocycles. The molecule has 3 nitrogen and oxygen atoms in total. The third kappa shape index (κ3) is 3.72. The average Bonchev–Trinajstić information content (AvgIpc) is 2.04. The van der Waals surface area contributed by atoms with Crippen LogP contribution in [0.3, 0.4) is 0 Å². The minimum atomic E-state index is 0.207. The first-order chi connectivity index (χ1) is 6.22. The third-order valence-corrected chi connectivity index (χ3v) is 2.55. The Labute approximate surface area is 86.9 Å². The summed E-state index contributed by atoms with van der Waals surface area (Å²) in [7, 11) is 0. The van der Waals surface area contributed by atoms with Gasteiger partial charge in [-0.3, -0.25) is 0 Å². The zero-order valence-corrected chi connectivity index (χ0v) is 9.24. The second-order valence-electron chi connectivity index (χ2n) is 3.27. The van der Waals surface area contributed by atoms with Crippen LogP contribution in [0.25, 0.3) is 0 Å². The van der Waals surface area contributed by atoms with Crippen LogP contribution in [0.2, 0.25) is 0 Å². The molecule has 0 amide bonds. The lowest BCUT2D eigenvalue weighted by Crippen LogP contribution is -2.08. The van der Waals surface area contributed by atoms with Crippen molar-refractivity contribution >= 4 is 15.9 Å². The summed E-state index contributed by atoms with van der Waals surface area (Å²) < 4.78 is 1.15. The molecule has 0 aromatic carbocycles. The third-order valence-electron chi connectivity index (χ3n) is 2.02. The van der Waals surface area contributed by atoms with Crippen molar-refractivity contribution in [1.82, 2.24) is 0 Å². The quantitative estimate of drug-likeness (QED) is 0.463. The maximum absolute atomic E-state index is 4.98. The molecule has 2 unspecified atom stereocenters. The van der Waals surface area contributed by atoms with Gasteiger partial charge in [0.1, 0.15) is 0 Å². The normalized spacial score (nSPS) is 24.8. The predicted octanol–water partition coefficient (Wildman–Crippen LogP) is 2.95. The van der Waals surface area contributed by atoms with E-state index in [9.17, 15) is 0 Å². The van der Waals surface area contributed by atoms with Crippen molar-refractivity contribution in [2.45, 2.75) is 25.8 Å². The van der Waals surface area contributed by atoms with Gasteiger partial charge in [-0.15, -0.1) is 0 Å². The largest absolute Gasteiger partial charge is 0.305 e. The molecule has 0 heterocycles. The summed E-state index contributed by atoms with van der Waals surface area (Å²) in [4.78, 5) is 0. The lowest BCUT2D eigenvalue weighted by atomic mass is 9.94. The molecule has 0 saturated heterocycles. The van der Waals surface area contributed by atoms with Crippen molar-refractivity contribution in [1.29, 1.82) is 0 Å². The van der Waals surface area contributed by atoms with Gasteiger partial charge in [-0.25, -0.2) is 0 Å². The van der Waals surface area contributed by atoms with E-state index in [1.165, 1.54) is 0 Å². The molecule has 72 valence electrons. The standard InChI is InChI=1S/C9H14BrN3/c1-7(12-13-11)5-8-3-2-4-9(10)6-8/h2,4,6-8H,3,5H2,1H3,(H2,11,12). The van der Waals surface area contributed by atoms with Gasteiger partial charge < -0.3 is 5.84 Å². The Balaban J connectivity index is 2.42. The Kier molecular flexibility index (Phi) is 4.15. The van der Waals surface area contributed by atoms with Gasteiger partial charge in [0.25, 0.3) is 0 Å². The van der Waals surface area contributed by atoms with Crippen LogP contribution in [0, 0.1) is 5.92 Å². The SMILES string of the molecule is CC(CC1C=C(Br)C=CC1)N=NN. The van der Waals surface area contributed by atoms with Crippen molar-refractivity contribution in [3.63, 3.8) is 0 Å². The second-order valence-corrected chi connectivity index (χ2v) is 4.18. The zero-order chi connectivity index (χ0) is 9.68. The molecule has 0 aromatic rings. The van der Waals surface area contributed by atoms with Crippen molar-refractivity contribution in [2.24, 2.45) is 22.1 Å². The van der Waals surface area contributed by atoms with E-state index in [-0.39, 0.29) is 6.04 Å². The number of hydrogen-bond donors (Lipinski definition) is 1. The highest BCUT2D eigenvalue weighted by molar-refractivity contribution is 9.11. The molecular formula is C9H14BrN3. The molecule has 0 aromatic heterocycles. The Hall–Kier alpha value is -0.640. The lowest BCUT2D eigenvalue weighted by molar-refractivity contribution is 0.512. The summed E-state index contributed by atoms with van der Waals surface area (Å²) in [5, 5.41) is 7.17. The molecule has 0 spiro atoms. The highest BCUT2D eigenvalue weighted by Gasteiger charge is 2.11. The fraction of sp³-hybridized carbons (Fsp3) is 0.556. The maximum atomic E-state index is 4.98. The zero-order valence-electron chi connectivity index (χ0n) is 7.65. The van der Waals surface area contributed by atoms with Gasteiger partial charge >= 0.3 is 0 Å². The molecule has 1 rings (SSSR count). The first kappa shape index (κ1) is 10.4. The van der Waals surface area contributed by atoms with E-state index in [0.29, 0.717) is 5.92 Å². The smallest absolute Gasteiger partial charge is 0.0707 e. The Morgan fingerprint density at radius 1 is 1.77 bits per heavy atom. The van der Waals surface area contributed by atoms with Gasteiger partial charge in [-0.2, -0.15) is 5.11 Å². The summed E-state index contributed by atoms with van der Waals surface area (Å²) in [5.41, 5.74) is 0. The molecule has 1 aliphatic carbocycles. The molecular weight excluding hydrogens is 230 g/mol. The van der Waals surface area contributed by atoms with E-state index >= 15 is 0 Å². The average molecular weight is 244 g/mol. The van der Waals surface area contributed by atoms with Crippen LogP contribution < -0.4 is 5.84 Å². The fourth-order valence-corrected chi connectivity index (χ4v) is 2.03. The van der Waals surface area contributed by atoms with Crippen LogP contribution in [-0.4, -0.2) is 6.04 Å². The van der Waals surface area contributed by atoms with E-state index in [1.54, 1.807) is 0 Å². The van der Waals surface area contributed by atoms with E-state index in [0.717, 1.165) is 17.3 Å². The Morgan fingerprint density at radius 2 is 2.54 bits per heavy atom. The van der Waals surface area contributed by atoms with Crippen LogP contribution in [0.5, 0.6) is 0 Å². The molecule has 2 atom stereocenters. The summed E-state index contributed by atoms with van der Waals surface area (Å²) >= 11 is 3.45. The molecule has 2 N–H and O–H groups in total. The van der Waals surface area contributed by atoms with Crippen molar-refractivity contribution in [3.8, 4) is 0 Å². The first-order valence-electron chi connectivity index (χ1n) is 4.36. The minimum Gasteiger partial charge on any atom is -0.305 e. The molecule has 13 heavy (non-hydrogen) atoms. The van der Waals surface area contributed by atoms with Gasteiger partial charge in [0.15, 0.2) is 0 Å². The fourth-order valence-electron chi connectivity index (χ4n) is 1.47. The topological polar surface area (TPSA) is 50.7 Å². The summed E-state index contributed by atoms with van der Waals surface area (Å²) in [6.07, 6.45) is 8.54. The number of rotatable bonds is 3. The van der Waals surface area contributed by atoms with E-state index in [2.05, 4.69) is 44.5 Å². The molecule has 0 radical (unpaired) electrons. The van der Waals surface area contributed by atoms with Crippen molar-refractivity contribution in [3.05, 3.63) is 22.7 Å². The highest BCUT2D eigenvalue weighted by Crippen LogP contribution is 2.24. The molecule has 0 bridgehead atoms. The number of nitrogens with two attached hydrogens (primary N) is 1. The lowest BCUT2D eigenvalue weighted by Gasteiger charge is -2.15. The van der Waals surface area contributed by atoms with Gasteiger partial charge in [-0.05, 0) is 25.7 Å². The van der Waals surface area contributed by atoms with Crippen molar-refractivity contribution in [2.75, 3.05) is 0 Å². The van der Waals surface area contributed by atoms with Crippen LogP contribution in [-0.2, 0) is 0 Å². The molecule has 0 saturated carbocycles. The van der Waals surface area contributed by atoms with E-state index in [4.69, 9.17) is 5.84 Å². The summed E-state index contributed by atoms with van der Waals surface area (Å²) in [6, 6.07) is 0.207. The van der Waals surface area contributed by atoms with Crippen molar-refractivity contribution < 1.29 is 0 Å². The van der Waals surface area contributed by atoms with E-state index in [1.807, 2.05) is 6.92 Å². The van der Waals surface area contributed by atoms with Gasteiger partial charge in [-0.1, -0.05) is 39.4 Å². The van der Waals surface area contributed by atoms with Crippen LogP contribution in [0.4, 0.5) is 0 Å². The Bertz CT molecular complexity index is 245. The molecule has 1 aliphatic rings. The van der Waals surface area contributed by atoms with Crippen LogP contribution >= 0.6 is 15.9 Å². The molecule has 4 heteroatoms. The second kappa shape index (κ2) is 5.17. The molecule has 0 fully saturated rings. The summed E-state index contributed by atoms with van der Waals surface area (Å²) in [5.74, 6) is 5.54. The maximum Gasteiger partial charge on any atom is 0.0707 e. The number of hydrogen-bond acceptors (Lipinski definition) is 2. The van der Waals surface area contributed by atoms with Gasteiger partial charge in [0, 0.05) is 4.48 Å². The number of halogens is 1. The minimum absolute atomic E-state index is 0.207. The summed E-state index contributed by atoms with van der Waals surface area (Å²) in [6.45, 7) is 2.02. The first-order valence-corrected chi connectivity index (χ1v) is 5.15. The monoisotopic (exact) mass is 243 g/mol. The Morgan fingerprint density at radius 3 is 3.15 bits per heavy atom. The highest BCUT2D eigenvalue weighted by atomic mass is 79.9. The number of allylic oxidation sites excluding steroid dienone is 4.